The van der Waals surface area contributed by atoms with E-state index in [0.29, 0.717) is 13.0 Å². The summed E-state index contributed by atoms with van der Waals surface area (Å²) in [4.78, 5) is 10.1. The standard InChI is InChI=1S/C6H13N2O2/c7-4-2-1-3-5(8)6(9)10/h3,5H,1-2,4,7-8H2,(H,9,10)/t5-/m0/s1. The summed E-state index contributed by atoms with van der Waals surface area (Å²) >= 11 is 0. The van der Waals surface area contributed by atoms with Crippen molar-refractivity contribution in [3.8, 4) is 0 Å². The van der Waals surface area contributed by atoms with Crippen LogP contribution in [0.2, 0.25) is 0 Å². The Morgan fingerprint density at radius 2 is 2.30 bits per heavy atom. The van der Waals surface area contributed by atoms with Crippen LogP contribution in [0.3, 0.4) is 0 Å². The average molecular weight is 145 g/mol. The lowest BCUT2D eigenvalue weighted by Gasteiger charge is -2.03. The van der Waals surface area contributed by atoms with Gasteiger partial charge in [-0.15, -0.1) is 0 Å². The molecule has 59 valence electrons. The van der Waals surface area contributed by atoms with Crippen LogP contribution in [0.15, 0.2) is 0 Å². The third-order valence-electron chi connectivity index (χ3n) is 1.11. The first-order valence-electron chi connectivity index (χ1n) is 3.20. The fourth-order valence-corrected chi connectivity index (χ4v) is 0.516. The predicted molar refractivity (Wildman–Crippen MR) is 38.2 cm³/mol. The molecular weight excluding hydrogens is 132 g/mol. The van der Waals surface area contributed by atoms with E-state index >= 15 is 0 Å². The van der Waals surface area contributed by atoms with Gasteiger partial charge in [-0.25, -0.2) is 0 Å². The Labute approximate surface area is 60.2 Å². The lowest BCUT2D eigenvalue weighted by atomic mass is 10.1. The quantitative estimate of drug-likeness (QED) is 0.448. The van der Waals surface area contributed by atoms with Crippen molar-refractivity contribution in [2.75, 3.05) is 6.54 Å². The summed E-state index contributed by atoms with van der Waals surface area (Å²) in [6.45, 7) is 0.572. The molecule has 4 nitrogen and oxygen atoms in total. The van der Waals surface area contributed by atoms with Crippen LogP contribution in [-0.2, 0) is 4.79 Å². The molecule has 4 heteroatoms. The molecule has 0 aromatic rings. The topological polar surface area (TPSA) is 89.3 Å². The Morgan fingerprint density at radius 3 is 2.70 bits per heavy atom. The largest absolute Gasteiger partial charge is 0.480 e. The molecule has 0 rings (SSSR count). The van der Waals surface area contributed by atoms with Crippen LogP contribution in [0.25, 0.3) is 0 Å². The SMILES string of the molecule is NCCC[CH][C@H](N)C(=O)O. The highest BCUT2D eigenvalue weighted by atomic mass is 16.4. The molecular formula is C6H13N2O2. The molecule has 0 saturated heterocycles. The molecule has 0 unspecified atom stereocenters. The maximum absolute atomic E-state index is 10.1. The normalized spacial score (nSPS) is 13.0. The summed E-state index contributed by atoms with van der Waals surface area (Å²) in [7, 11) is 0. The molecule has 1 radical (unpaired) electrons. The van der Waals surface area contributed by atoms with Gasteiger partial charge in [0.2, 0.25) is 0 Å². The van der Waals surface area contributed by atoms with Crippen molar-refractivity contribution in [3.05, 3.63) is 6.42 Å². The number of hydrogen-bond donors (Lipinski definition) is 3. The number of rotatable bonds is 5. The van der Waals surface area contributed by atoms with Gasteiger partial charge in [0.25, 0.3) is 0 Å². The van der Waals surface area contributed by atoms with E-state index in [9.17, 15) is 4.79 Å². The molecule has 0 aliphatic carbocycles. The van der Waals surface area contributed by atoms with Crippen molar-refractivity contribution in [3.63, 3.8) is 0 Å². The van der Waals surface area contributed by atoms with Gasteiger partial charge in [-0.1, -0.05) is 0 Å². The monoisotopic (exact) mass is 145 g/mol. The number of aliphatic carboxylic acids is 1. The lowest BCUT2D eigenvalue weighted by Crippen LogP contribution is -2.30. The van der Waals surface area contributed by atoms with Crippen LogP contribution in [0.1, 0.15) is 12.8 Å². The van der Waals surface area contributed by atoms with Gasteiger partial charge < -0.3 is 16.6 Å². The van der Waals surface area contributed by atoms with Gasteiger partial charge >= 0.3 is 5.97 Å². The van der Waals surface area contributed by atoms with Crippen LogP contribution in [0, 0.1) is 6.42 Å². The van der Waals surface area contributed by atoms with Crippen molar-refractivity contribution < 1.29 is 9.90 Å². The highest BCUT2D eigenvalue weighted by Gasteiger charge is 2.09. The van der Waals surface area contributed by atoms with E-state index in [1.807, 2.05) is 0 Å². The van der Waals surface area contributed by atoms with E-state index in [-0.39, 0.29) is 0 Å². The average Bonchev–Trinajstić information content (AvgIpc) is 1.88. The molecule has 0 aromatic carbocycles. The van der Waals surface area contributed by atoms with E-state index in [4.69, 9.17) is 16.6 Å². The van der Waals surface area contributed by atoms with Gasteiger partial charge in [0, 0.05) is 0 Å². The molecule has 0 saturated carbocycles. The number of unbranched alkanes of at least 4 members (excludes halogenated alkanes) is 1. The predicted octanol–water partition coefficient (Wildman–Crippen LogP) is -0.659. The van der Waals surface area contributed by atoms with Crippen LogP contribution in [0.4, 0.5) is 0 Å². The van der Waals surface area contributed by atoms with Crippen LogP contribution >= 0.6 is 0 Å². The Balaban J connectivity index is 3.21. The zero-order valence-corrected chi connectivity index (χ0v) is 5.79. The van der Waals surface area contributed by atoms with Crippen molar-refractivity contribution in [2.45, 2.75) is 18.9 Å². The van der Waals surface area contributed by atoms with E-state index in [2.05, 4.69) is 0 Å². The molecule has 5 N–H and O–H groups in total. The smallest absolute Gasteiger partial charge is 0.320 e. The third-order valence-corrected chi connectivity index (χ3v) is 1.11. The third kappa shape index (κ3) is 4.29. The van der Waals surface area contributed by atoms with Gasteiger partial charge in [0.1, 0.15) is 6.04 Å². The number of nitrogens with two attached hydrogens (primary N) is 2. The van der Waals surface area contributed by atoms with Crippen LogP contribution < -0.4 is 11.5 Å². The summed E-state index contributed by atoms with van der Waals surface area (Å²) in [6, 6.07) is -0.841. The summed E-state index contributed by atoms with van der Waals surface area (Å²) in [5.74, 6) is -0.989. The lowest BCUT2D eigenvalue weighted by molar-refractivity contribution is -0.137. The van der Waals surface area contributed by atoms with Crippen molar-refractivity contribution in [2.24, 2.45) is 11.5 Å². The minimum absolute atomic E-state index is 0.572. The first-order valence-corrected chi connectivity index (χ1v) is 3.20. The molecule has 0 heterocycles. The van der Waals surface area contributed by atoms with Gasteiger partial charge in [-0.05, 0) is 25.8 Å². The summed E-state index contributed by atoms with van der Waals surface area (Å²) < 4.78 is 0. The Bertz CT molecular complexity index is 106. The number of carbonyl (C=O) groups is 1. The first-order chi connectivity index (χ1) is 4.68. The van der Waals surface area contributed by atoms with Crippen molar-refractivity contribution in [1.29, 1.82) is 0 Å². The molecule has 0 aromatic heterocycles. The second-order valence-electron chi connectivity index (χ2n) is 2.03. The molecule has 0 bridgehead atoms. The van der Waals surface area contributed by atoms with E-state index in [1.54, 1.807) is 6.42 Å². The zero-order valence-electron chi connectivity index (χ0n) is 5.79. The van der Waals surface area contributed by atoms with Gasteiger partial charge in [0.15, 0.2) is 0 Å². The first kappa shape index (κ1) is 9.39. The molecule has 1 atom stereocenters. The number of hydrogen-bond acceptors (Lipinski definition) is 3. The Kier molecular flexibility index (Phi) is 4.88. The molecule has 0 amide bonds. The van der Waals surface area contributed by atoms with Gasteiger partial charge in [0.05, 0.1) is 0 Å². The summed E-state index contributed by atoms with van der Waals surface area (Å²) in [5, 5.41) is 8.29. The van der Waals surface area contributed by atoms with E-state index in [0.717, 1.165) is 6.42 Å². The molecule has 0 aliphatic heterocycles. The second kappa shape index (κ2) is 5.20. The van der Waals surface area contributed by atoms with E-state index in [1.165, 1.54) is 0 Å². The van der Waals surface area contributed by atoms with Crippen LogP contribution in [-0.4, -0.2) is 23.7 Å². The van der Waals surface area contributed by atoms with Gasteiger partial charge in [-0.2, -0.15) is 0 Å². The Morgan fingerprint density at radius 1 is 1.70 bits per heavy atom. The minimum atomic E-state index is -0.989. The fourth-order valence-electron chi connectivity index (χ4n) is 0.516. The molecule has 0 fully saturated rings. The maximum atomic E-state index is 10.1. The summed E-state index contributed by atoms with van der Waals surface area (Å²) in [6.07, 6.45) is 3.01. The van der Waals surface area contributed by atoms with Crippen molar-refractivity contribution >= 4 is 5.97 Å². The minimum Gasteiger partial charge on any atom is -0.480 e. The zero-order chi connectivity index (χ0) is 7.98. The highest BCUT2D eigenvalue weighted by molar-refractivity contribution is 5.74. The molecule has 0 aliphatic rings. The summed E-state index contributed by atoms with van der Waals surface area (Å²) in [5.41, 5.74) is 10.3. The highest BCUT2D eigenvalue weighted by Crippen LogP contribution is 1.95. The van der Waals surface area contributed by atoms with Crippen molar-refractivity contribution in [1.82, 2.24) is 0 Å². The molecule has 0 spiro atoms. The fraction of sp³-hybridized carbons (Fsp3) is 0.667. The second-order valence-corrected chi connectivity index (χ2v) is 2.03. The van der Waals surface area contributed by atoms with Crippen LogP contribution in [0.5, 0.6) is 0 Å². The Hall–Kier alpha value is -0.610. The number of carboxylic acids is 1. The number of carboxylic acid groups (broad SMARTS) is 1. The van der Waals surface area contributed by atoms with Gasteiger partial charge in [-0.3, -0.25) is 4.79 Å². The van der Waals surface area contributed by atoms with E-state index < -0.39 is 12.0 Å². The molecule has 10 heavy (non-hydrogen) atoms. The maximum Gasteiger partial charge on any atom is 0.320 e.